The van der Waals surface area contributed by atoms with E-state index in [4.69, 9.17) is 9.84 Å². The van der Waals surface area contributed by atoms with Crippen molar-refractivity contribution in [3.8, 4) is 0 Å². The van der Waals surface area contributed by atoms with Crippen LogP contribution < -0.4 is 0 Å². The van der Waals surface area contributed by atoms with E-state index >= 15 is 0 Å². The Hall–Kier alpha value is -1.34. The summed E-state index contributed by atoms with van der Waals surface area (Å²) in [5.41, 5.74) is 0. The maximum Gasteiger partial charge on any atom is 0.320 e. The second kappa shape index (κ2) is 8.84. The number of ether oxygens (including phenoxy) is 1. The third-order valence-corrected chi connectivity index (χ3v) is 3.78. The van der Waals surface area contributed by atoms with E-state index in [2.05, 4.69) is 0 Å². The zero-order valence-corrected chi connectivity index (χ0v) is 12.8. The lowest BCUT2D eigenvalue weighted by molar-refractivity contribution is -0.141. The molecule has 21 heavy (non-hydrogen) atoms. The molecule has 0 spiro atoms. The van der Waals surface area contributed by atoms with Crippen LogP contribution in [0.4, 0.5) is 4.79 Å². The van der Waals surface area contributed by atoms with E-state index in [1.165, 1.54) is 0 Å². The van der Waals surface area contributed by atoms with Crippen molar-refractivity contribution in [3.63, 3.8) is 0 Å². The van der Waals surface area contributed by atoms with Crippen molar-refractivity contribution in [3.05, 3.63) is 0 Å². The van der Waals surface area contributed by atoms with Gasteiger partial charge < -0.3 is 24.7 Å². The van der Waals surface area contributed by atoms with Gasteiger partial charge >= 0.3 is 12.0 Å². The number of carbonyl (C=O) groups excluding carboxylic acids is 1. The number of nitrogens with zero attached hydrogens (tertiary/aromatic N) is 2. The fourth-order valence-electron chi connectivity index (χ4n) is 2.66. The predicted molar refractivity (Wildman–Crippen MR) is 77.1 cm³/mol. The van der Waals surface area contributed by atoms with Crippen LogP contribution in [0.2, 0.25) is 0 Å². The average Bonchev–Trinajstić information content (AvgIpc) is 2.46. The van der Waals surface area contributed by atoms with Gasteiger partial charge in [0.05, 0.1) is 25.7 Å². The molecule has 1 fully saturated rings. The van der Waals surface area contributed by atoms with Gasteiger partial charge in [-0.1, -0.05) is 13.8 Å². The first-order valence-electron chi connectivity index (χ1n) is 7.53. The highest BCUT2D eigenvalue weighted by Gasteiger charge is 2.30. The minimum Gasteiger partial charge on any atom is -0.481 e. The third-order valence-electron chi connectivity index (χ3n) is 3.78. The maximum absolute atomic E-state index is 12.6. The van der Waals surface area contributed by atoms with Crippen LogP contribution in [0.1, 0.15) is 33.1 Å². The standard InChI is InChI=1S/C14H26N2O5/c1-3-11(4-2)16(5-7-17)14(20)15-6-8-21-12(10-15)9-13(18)19/h11-12,17H,3-10H2,1-2H3,(H,18,19). The topological polar surface area (TPSA) is 90.3 Å². The van der Waals surface area contributed by atoms with Crippen LogP contribution in [0.15, 0.2) is 0 Å². The van der Waals surface area contributed by atoms with Crippen molar-refractivity contribution in [2.75, 3.05) is 32.8 Å². The zero-order valence-electron chi connectivity index (χ0n) is 12.8. The molecule has 1 unspecified atom stereocenters. The largest absolute Gasteiger partial charge is 0.481 e. The number of carbonyl (C=O) groups is 2. The van der Waals surface area contributed by atoms with Gasteiger partial charge in [-0.15, -0.1) is 0 Å². The van der Waals surface area contributed by atoms with Crippen molar-refractivity contribution >= 4 is 12.0 Å². The van der Waals surface area contributed by atoms with Gasteiger partial charge in [-0.2, -0.15) is 0 Å². The molecule has 1 atom stereocenters. The summed E-state index contributed by atoms with van der Waals surface area (Å²) in [5.74, 6) is -0.929. The van der Waals surface area contributed by atoms with Gasteiger partial charge in [-0.25, -0.2) is 4.79 Å². The monoisotopic (exact) mass is 302 g/mol. The Balaban J connectivity index is 2.71. The van der Waals surface area contributed by atoms with Gasteiger partial charge in [0, 0.05) is 25.7 Å². The summed E-state index contributed by atoms with van der Waals surface area (Å²) in [5, 5.41) is 18.0. The van der Waals surface area contributed by atoms with Gasteiger partial charge in [0.25, 0.3) is 0 Å². The fraction of sp³-hybridized carbons (Fsp3) is 0.857. The Labute approximate surface area is 125 Å². The molecule has 1 saturated heterocycles. The summed E-state index contributed by atoms with van der Waals surface area (Å²) in [4.78, 5) is 26.7. The Bertz CT molecular complexity index is 346. The molecule has 1 aliphatic heterocycles. The second-order valence-electron chi connectivity index (χ2n) is 5.21. The normalized spacial score (nSPS) is 18.9. The lowest BCUT2D eigenvalue weighted by Gasteiger charge is -2.38. The number of aliphatic hydroxyl groups excluding tert-OH is 1. The molecule has 122 valence electrons. The van der Waals surface area contributed by atoms with Crippen LogP contribution in [0.25, 0.3) is 0 Å². The van der Waals surface area contributed by atoms with Crippen molar-refractivity contribution < 1.29 is 24.5 Å². The number of aliphatic carboxylic acids is 1. The summed E-state index contributed by atoms with van der Waals surface area (Å²) >= 11 is 0. The number of hydrogen-bond acceptors (Lipinski definition) is 4. The molecule has 7 nitrogen and oxygen atoms in total. The SMILES string of the molecule is CCC(CC)N(CCO)C(=O)N1CCOC(CC(=O)O)C1. The van der Waals surface area contributed by atoms with E-state index in [1.807, 2.05) is 13.8 Å². The van der Waals surface area contributed by atoms with Crippen molar-refractivity contribution in [1.29, 1.82) is 0 Å². The molecule has 1 rings (SSSR count). The molecule has 0 saturated carbocycles. The van der Waals surface area contributed by atoms with E-state index in [0.717, 1.165) is 12.8 Å². The molecular weight excluding hydrogens is 276 g/mol. The molecule has 0 bridgehead atoms. The summed E-state index contributed by atoms with van der Waals surface area (Å²) < 4.78 is 5.38. The minimum atomic E-state index is -0.929. The maximum atomic E-state index is 12.6. The number of hydrogen-bond donors (Lipinski definition) is 2. The van der Waals surface area contributed by atoms with Crippen molar-refractivity contribution in [2.24, 2.45) is 0 Å². The van der Waals surface area contributed by atoms with Crippen LogP contribution in [-0.4, -0.2) is 77.0 Å². The molecule has 2 N–H and O–H groups in total. The molecular formula is C14H26N2O5. The van der Waals surface area contributed by atoms with E-state index in [1.54, 1.807) is 9.80 Å². The summed E-state index contributed by atoms with van der Waals surface area (Å²) in [6.45, 7) is 5.33. The van der Waals surface area contributed by atoms with Crippen LogP contribution in [0, 0.1) is 0 Å². The highest BCUT2D eigenvalue weighted by molar-refractivity contribution is 5.75. The molecule has 0 aliphatic carbocycles. The van der Waals surface area contributed by atoms with Gasteiger partial charge in [0.2, 0.25) is 0 Å². The van der Waals surface area contributed by atoms with Gasteiger partial charge in [-0.3, -0.25) is 4.79 Å². The van der Waals surface area contributed by atoms with Crippen LogP contribution in [0.3, 0.4) is 0 Å². The van der Waals surface area contributed by atoms with Crippen molar-refractivity contribution in [2.45, 2.75) is 45.3 Å². The number of aliphatic hydroxyl groups is 1. The predicted octanol–water partition coefficient (Wildman–Crippen LogP) is 0.765. The minimum absolute atomic E-state index is 0.0782. The number of carboxylic acids is 1. The van der Waals surface area contributed by atoms with Crippen LogP contribution in [0.5, 0.6) is 0 Å². The fourth-order valence-corrected chi connectivity index (χ4v) is 2.66. The highest BCUT2D eigenvalue weighted by atomic mass is 16.5. The lowest BCUT2D eigenvalue weighted by Crippen LogP contribution is -2.54. The van der Waals surface area contributed by atoms with Crippen LogP contribution >= 0.6 is 0 Å². The average molecular weight is 302 g/mol. The van der Waals surface area contributed by atoms with E-state index in [-0.39, 0.29) is 31.6 Å². The molecule has 0 aromatic heterocycles. The second-order valence-corrected chi connectivity index (χ2v) is 5.21. The van der Waals surface area contributed by atoms with Crippen molar-refractivity contribution in [1.82, 2.24) is 9.80 Å². The zero-order chi connectivity index (χ0) is 15.8. The molecule has 7 heteroatoms. The summed E-state index contributed by atoms with van der Waals surface area (Å²) in [7, 11) is 0. The van der Waals surface area contributed by atoms with Gasteiger partial charge in [-0.05, 0) is 12.8 Å². The Morgan fingerprint density at radius 3 is 2.57 bits per heavy atom. The molecule has 0 aromatic rings. The van der Waals surface area contributed by atoms with Crippen LogP contribution in [-0.2, 0) is 9.53 Å². The van der Waals surface area contributed by atoms with E-state index in [9.17, 15) is 14.7 Å². The molecule has 1 aliphatic rings. The summed E-state index contributed by atoms with van der Waals surface area (Å²) in [6.07, 6.45) is 1.09. The lowest BCUT2D eigenvalue weighted by atomic mass is 10.1. The van der Waals surface area contributed by atoms with Gasteiger partial charge in [0.15, 0.2) is 0 Å². The third kappa shape index (κ3) is 5.17. The van der Waals surface area contributed by atoms with E-state index < -0.39 is 12.1 Å². The smallest absolute Gasteiger partial charge is 0.320 e. The number of amides is 2. The number of rotatable bonds is 7. The first kappa shape index (κ1) is 17.7. The number of morpholine rings is 1. The van der Waals surface area contributed by atoms with Gasteiger partial charge in [0.1, 0.15) is 0 Å². The quantitative estimate of drug-likeness (QED) is 0.725. The number of urea groups is 1. The Kier molecular flexibility index (Phi) is 7.45. The molecule has 0 radical (unpaired) electrons. The first-order valence-corrected chi connectivity index (χ1v) is 7.53. The highest BCUT2D eigenvalue weighted by Crippen LogP contribution is 2.15. The Morgan fingerprint density at radius 2 is 2.05 bits per heavy atom. The first-order chi connectivity index (χ1) is 10.0. The molecule has 0 aromatic carbocycles. The summed E-state index contributed by atoms with van der Waals surface area (Å²) in [6, 6.07) is -0.0538. The Morgan fingerprint density at radius 1 is 1.38 bits per heavy atom. The number of carboxylic acid groups (broad SMARTS) is 1. The molecule has 2 amide bonds. The van der Waals surface area contributed by atoms with E-state index in [0.29, 0.717) is 19.7 Å². The molecule has 1 heterocycles.